The van der Waals surface area contributed by atoms with Gasteiger partial charge in [-0.05, 0) is 47.6 Å². The summed E-state index contributed by atoms with van der Waals surface area (Å²) in [5.74, 6) is 1.40. The van der Waals surface area contributed by atoms with Gasteiger partial charge in [0.15, 0.2) is 0 Å². The fourth-order valence-corrected chi connectivity index (χ4v) is 3.90. The van der Waals surface area contributed by atoms with E-state index in [1.54, 1.807) is 0 Å². The highest BCUT2D eigenvalue weighted by Crippen LogP contribution is 2.41. The summed E-state index contributed by atoms with van der Waals surface area (Å²) in [6.45, 7) is 0.736. The molecule has 0 spiro atoms. The van der Waals surface area contributed by atoms with Gasteiger partial charge in [-0.3, -0.25) is 0 Å². The van der Waals surface area contributed by atoms with Gasteiger partial charge in [-0.25, -0.2) is 0 Å². The van der Waals surface area contributed by atoms with E-state index in [0.717, 1.165) is 42.2 Å². The molecule has 2 N–H and O–H groups in total. The minimum absolute atomic E-state index is 0.0250. The van der Waals surface area contributed by atoms with E-state index in [-0.39, 0.29) is 6.04 Å². The fraction of sp³-hybridized carbons (Fsp3) is 0.333. The zero-order valence-corrected chi connectivity index (χ0v) is 12.6. The molecule has 1 aliphatic heterocycles. The Bertz CT molecular complexity index is 673. The Labute approximate surface area is 129 Å². The van der Waals surface area contributed by atoms with Crippen molar-refractivity contribution in [2.45, 2.75) is 25.3 Å². The van der Waals surface area contributed by atoms with Crippen LogP contribution >= 0.6 is 11.6 Å². The molecule has 0 amide bonds. The molecular formula is C18H18ClNO. The molecule has 0 fully saturated rings. The van der Waals surface area contributed by atoms with Gasteiger partial charge in [0.05, 0.1) is 6.61 Å². The Morgan fingerprint density at radius 3 is 2.52 bits per heavy atom. The lowest BCUT2D eigenvalue weighted by molar-refractivity contribution is 0.344. The smallest absolute Gasteiger partial charge is 0.127 e. The molecule has 108 valence electrons. The Balaban J connectivity index is 1.67. The van der Waals surface area contributed by atoms with Gasteiger partial charge in [-0.1, -0.05) is 35.9 Å². The van der Waals surface area contributed by atoms with E-state index in [1.165, 1.54) is 16.7 Å². The third kappa shape index (κ3) is 2.23. The molecule has 2 aromatic carbocycles. The van der Waals surface area contributed by atoms with Crippen LogP contribution in [-0.2, 0) is 19.3 Å². The standard InChI is InChI=1S/C18H18ClNO/c19-15-9-13-5-6-21-18(13)16(10-15)17(20)14-7-11-3-1-2-4-12(11)8-14/h1-4,9-10,14,17H,5-8,20H2. The van der Waals surface area contributed by atoms with Crippen molar-refractivity contribution in [3.8, 4) is 5.75 Å². The number of rotatable bonds is 2. The summed E-state index contributed by atoms with van der Waals surface area (Å²) in [5, 5.41) is 0.764. The van der Waals surface area contributed by atoms with Crippen molar-refractivity contribution in [2.24, 2.45) is 11.7 Å². The van der Waals surface area contributed by atoms with Crippen LogP contribution in [0.2, 0.25) is 5.02 Å². The molecule has 0 radical (unpaired) electrons. The highest BCUT2D eigenvalue weighted by molar-refractivity contribution is 6.30. The van der Waals surface area contributed by atoms with Crippen molar-refractivity contribution in [3.63, 3.8) is 0 Å². The first kappa shape index (κ1) is 13.2. The highest BCUT2D eigenvalue weighted by atomic mass is 35.5. The fourth-order valence-electron chi connectivity index (χ4n) is 3.65. The predicted octanol–water partition coefficient (Wildman–Crippen LogP) is 3.69. The van der Waals surface area contributed by atoms with Gasteiger partial charge in [0.1, 0.15) is 5.75 Å². The number of fused-ring (bicyclic) bond motifs is 2. The van der Waals surface area contributed by atoms with Gasteiger partial charge in [-0.15, -0.1) is 0 Å². The van der Waals surface area contributed by atoms with Crippen molar-refractivity contribution in [3.05, 3.63) is 63.7 Å². The summed E-state index contributed by atoms with van der Waals surface area (Å²) >= 11 is 6.26. The second-order valence-corrected chi connectivity index (χ2v) is 6.48. The molecule has 4 rings (SSSR count). The van der Waals surface area contributed by atoms with Gasteiger partial charge in [0.25, 0.3) is 0 Å². The molecule has 1 atom stereocenters. The summed E-state index contributed by atoms with van der Waals surface area (Å²) in [6.07, 6.45) is 3.01. The number of nitrogens with two attached hydrogens (primary N) is 1. The molecule has 0 saturated heterocycles. The maximum atomic E-state index is 6.58. The van der Waals surface area contributed by atoms with Crippen molar-refractivity contribution < 1.29 is 4.74 Å². The summed E-state index contributed by atoms with van der Waals surface area (Å²) < 4.78 is 5.80. The van der Waals surface area contributed by atoms with E-state index >= 15 is 0 Å². The molecule has 3 heteroatoms. The van der Waals surface area contributed by atoms with Crippen molar-refractivity contribution >= 4 is 11.6 Å². The molecule has 2 aromatic rings. The number of hydrogen-bond acceptors (Lipinski definition) is 2. The van der Waals surface area contributed by atoms with Gasteiger partial charge in [0, 0.05) is 23.0 Å². The first-order valence-electron chi connectivity index (χ1n) is 7.50. The van der Waals surface area contributed by atoms with Crippen molar-refractivity contribution in [1.82, 2.24) is 0 Å². The van der Waals surface area contributed by atoms with Crippen LogP contribution in [0.4, 0.5) is 0 Å². The van der Waals surface area contributed by atoms with Crippen LogP contribution in [0.3, 0.4) is 0 Å². The Kier molecular flexibility index (Phi) is 3.16. The topological polar surface area (TPSA) is 35.2 Å². The lowest BCUT2D eigenvalue weighted by atomic mass is 9.90. The van der Waals surface area contributed by atoms with Gasteiger partial charge >= 0.3 is 0 Å². The van der Waals surface area contributed by atoms with E-state index in [1.807, 2.05) is 12.1 Å². The Morgan fingerprint density at radius 1 is 1.10 bits per heavy atom. The molecule has 2 nitrogen and oxygen atoms in total. The second-order valence-electron chi connectivity index (χ2n) is 6.04. The molecule has 1 unspecified atom stereocenters. The lowest BCUT2D eigenvalue weighted by Gasteiger charge is -2.22. The minimum atomic E-state index is -0.0250. The molecular weight excluding hydrogens is 282 g/mol. The largest absolute Gasteiger partial charge is 0.493 e. The molecule has 2 aliphatic rings. The van der Waals surface area contributed by atoms with Crippen LogP contribution in [0.5, 0.6) is 5.75 Å². The van der Waals surface area contributed by atoms with Crippen LogP contribution in [0, 0.1) is 5.92 Å². The first-order valence-corrected chi connectivity index (χ1v) is 7.87. The lowest BCUT2D eigenvalue weighted by Crippen LogP contribution is -2.22. The molecule has 0 bridgehead atoms. The summed E-state index contributed by atoms with van der Waals surface area (Å²) in [5.41, 5.74) is 11.7. The van der Waals surface area contributed by atoms with E-state index in [0.29, 0.717) is 5.92 Å². The quantitative estimate of drug-likeness (QED) is 0.918. The zero-order chi connectivity index (χ0) is 14.4. The van der Waals surface area contributed by atoms with Gasteiger partial charge < -0.3 is 10.5 Å². The predicted molar refractivity (Wildman–Crippen MR) is 84.9 cm³/mol. The Hall–Kier alpha value is -1.51. The highest BCUT2D eigenvalue weighted by Gasteiger charge is 2.30. The SMILES string of the molecule is NC(c1cc(Cl)cc2c1OCC2)C1Cc2ccccc2C1. The van der Waals surface area contributed by atoms with Gasteiger partial charge in [-0.2, -0.15) is 0 Å². The summed E-state index contributed by atoms with van der Waals surface area (Å²) in [7, 11) is 0. The van der Waals surface area contributed by atoms with E-state index in [4.69, 9.17) is 22.1 Å². The first-order chi connectivity index (χ1) is 10.2. The molecule has 0 saturated carbocycles. The van der Waals surface area contributed by atoms with Crippen molar-refractivity contribution in [1.29, 1.82) is 0 Å². The minimum Gasteiger partial charge on any atom is -0.493 e. The number of ether oxygens (including phenoxy) is 1. The van der Waals surface area contributed by atoms with E-state index in [2.05, 4.69) is 24.3 Å². The van der Waals surface area contributed by atoms with Crippen LogP contribution < -0.4 is 10.5 Å². The van der Waals surface area contributed by atoms with Crippen LogP contribution in [0.15, 0.2) is 36.4 Å². The van der Waals surface area contributed by atoms with Crippen LogP contribution in [0.1, 0.15) is 28.3 Å². The Morgan fingerprint density at radius 2 is 1.81 bits per heavy atom. The number of hydrogen-bond donors (Lipinski definition) is 1. The number of halogens is 1. The van der Waals surface area contributed by atoms with Crippen molar-refractivity contribution in [2.75, 3.05) is 6.61 Å². The number of benzene rings is 2. The maximum absolute atomic E-state index is 6.58. The zero-order valence-electron chi connectivity index (χ0n) is 11.8. The third-order valence-electron chi connectivity index (χ3n) is 4.73. The normalized spacial score (nSPS) is 18.2. The molecule has 0 aromatic heterocycles. The molecule has 1 heterocycles. The average molecular weight is 300 g/mol. The van der Waals surface area contributed by atoms with Crippen LogP contribution in [-0.4, -0.2) is 6.61 Å². The third-order valence-corrected chi connectivity index (χ3v) is 4.94. The van der Waals surface area contributed by atoms with Gasteiger partial charge in [0.2, 0.25) is 0 Å². The van der Waals surface area contributed by atoms with E-state index in [9.17, 15) is 0 Å². The average Bonchev–Trinajstić information content (AvgIpc) is 3.11. The monoisotopic (exact) mass is 299 g/mol. The second kappa shape index (κ2) is 5.04. The summed E-state index contributed by atoms with van der Waals surface area (Å²) in [4.78, 5) is 0. The maximum Gasteiger partial charge on any atom is 0.127 e. The summed E-state index contributed by atoms with van der Waals surface area (Å²) in [6, 6.07) is 12.6. The van der Waals surface area contributed by atoms with Crippen LogP contribution in [0.25, 0.3) is 0 Å². The van der Waals surface area contributed by atoms with E-state index < -0.39 is 0 Å². The molecule has 1 aliphatic carbocycles. The molecule has 21 heavy (non-hydrogen) atoms.